The van der Waals surface area contributed by atoms with Crippen LogP contribution in [0.15, 0.2) is 42.6 Å². The van der Waals surface area contributed by atoms with Gasteiger partial charge in [-0.15, -0.1) is 0 Å². The average molecular weight is 286 g/mol. The lowest BCUT2D eigenvalue weighted by molar-refractivity contribution is -0.131. The first-order valence-corrected chi connectivity index (χ1v) is 6.07. The number of benzene rings is 1. The molecule has 0 amide bonds. The summed E-state index contributed by atoms with van der Waals surface area (Å²) in [5.41, 5.74) is 6.79. The maximum absolute atomic E-state index is 10.5. The monoisotopic (exact) mass is 286 g/mol. The molecule has 1 aromatic heterocycles. The van der Waals surface area contributed by atoms with Gasteiger partial charge in [0.25, 0.3) is 0 Å². The van der Waals surface area contributed by atoms with Crippen LogP contribution in [-0.2, 0) is 4.79 Å². The predicted octanol–water partition coefficient (Wildman–Crippen LogP) is 2.56. The van der Waals surface area contributed by atoms with Gasteiger partial charge in [0, 0.05) is 12.1 Å². The number of hydrogen-bond donors (Lipinski definition) is 2. The lowest BCUT2D eigenvalue weighted by atomic mass is 10.2. The van der Waals surface area contributed by atoms with Crippen LogP contribution in [0.25, 0.3) is 6.08 Å². The molecule has 2 rings (SSSR count). The molecule has 21 heavy (non-hydrogen) atoms. The summed E-state index contributed by atoms with van der Waals surface area (Å²) in [4.78, 5) is 14.5. The lowest BCUT2D eigenvalue weighted by Crippen LogP contribution is -1.94. The second kappa shape index (κ2) is 6.42. The van der Waals surface area contributed by atoms with E-state index in [2.05, 4.69) is 4.98 Å². The van der Waals surface area contributed by atoms with Crippen molar-refractivity contribution in [3.05, 3.63) is 48.2 Å². The van der Waals surface area contributed by atoms with Crippen LogP contribution in [0.4, 0.5) is 5.69 Å². The highest BCUT2D eigenvalue weighted by Crippen LogP contribution is 2.32. The largest absolute Gasteiger partial charge is 0.493 e. The standard InChI is InChI=1S/C15H14N2O4/c1-20-13-8-10(3-7-15(18)19)2-5-12(13)21-14-6-4-11(16)9-17-14/h2-9H,16H2,1H3,(H,18,19). The van der Waals surface area contributed by atoms with Gasteiger partial charge in [-0.1, -0.05) is 6.07 Å². The number of ether oxygens (including phenoxy) is 2. The molecule has 6 nitrogen and oxygen atoms in total. The molecule has 0 atom stereocenters. The van der Waals surface area contributed by atoms with Gasteiger partial charge in [-0.2, -0.15) is 0 Å². The third-order valence-corrected chi connectivity index (χ3v) is 2.58. The Morgan fingerprint density at radius 2 is 2.10 bits per heavy atom. The molecular weight excluding hydrogens is 272 g/mol. The van der Waals surface area contributed by atoms with Gasteiger partial charge in [0.15, 0.2) is 11.5 Å². The number of anilines is 1. The van der Waals surface area contributed by atoms with E-state index >= 15 is 0 Å². The van der Waals surface area contributed by atoms with Crippen LogP contribution >= 0.6 is 0 Å². The van der Waals surface area contributed by atoms with Crippen molar-refractivity contribution in [2.45, 2.75) is 0 Å². The number of carboxylic acids is 1. The Balaban J connectivity index is 2.23. The number of rotatable bonds is 5. The number of nitrogen functional groups attached to an aromatic ring is 1. The van der Waals surface area contributed by atoms with Crippen LogP contribution < -0.4 is 15.2 Å². The van der Waals surface area contributed by atoms with Crippen molar-refractivity contribution in [2.75, 3.05) is 12.8 Å². The molecule has 0 spiro atoms. The number of hydrogen-bond acceptors (Lipinski definition) is 5. The molecular formula is C15H14N2O4. The van der Waals surface area contributed by atoms with Gasteiger partial charge >= 0.3 is 5.97 Å². The minimum absolute atomic E-state index is 0.385. The summed E-state index contributed by atoms with van der Waals surface area (Å²) in [6.45, 7) is 0. The molecule has 2 aromatic rings. The normalized spacial score (nSPS) is 10.5. The van der Waals surface area contributed by atoms with Gasteiger partial charge in [0.05, 0.1) is 19.0 Å². The summed E-state index contributed by atoms with van der Waals surface area (Å²) in [5.74, 6) is 0.320. The quantitative estimate of drug-likeness (QED) is 0.820. The highest BCUT2D eigenvalue weighted by Gasteiger charge is 2.07. The third kappa shape index (κ3) is 3.97. The Kier molecular flexibility index (Phi) is 4.40. The zero-order valence-electron chi connectivity index (χ0n) is 11.3. The summed E-state index contributed by atoms with van der Waals surface area (Å²) in [7, 11) is 1.50. The van der Waals surface area contributed by atoms with E-state index < -0.39 is 5.97 Å². The zero-order chi connectivity index (χ0) is 15.2. The second-order valence-electron chi connectivity index (χ2n) is 4.11. The average Bonchev–Trinajstić information content (AvgIpc) is 2.48. The summed E-state index contributed by atoms with van der Waals surface area (Å²) in [6.07, 6.45) is 4.01. The van der Waals surface area contributed by atoms with Crippen molar-refractivity contribution >= 4 is 17.7 Å². The minimum Gasteiger partial charge on any atom is -0.493 e. The number of pyridine rings is 1. The van der Waals surface area contributed by atoms with Crippen LogP contribution in [0, 0.1) is 0 Å². The third-order valence-electron chi connectivity index (χ3n) is 2.58. The van der Waals surface area contributed by atoms with E-state index in [-0.39, 0.29) is 0 Å². The fourth-order valence-corrected chi connectivity index (χ4v) is 1.60. The van der Waals surface area contributed by atoms with Crippen molar-refractivity contribution in [1.29, 1.82) is 0 Å². The van der Waals surface area contributed by atoms with Crippen LogP contribution in [0.1, 0.15) is 5.56 Å². The lowest BCUT2D eigenvalue weighted by Gasteiger charge is -2.10. The molecule has 0 unspecified atom stereocenters. The van der Waals surface area contributed by atoms with Gasteiger partial charge < -0.3 is 20.3 Å². The van der Waals surface area contributed by atoms with Gasteiger partial charge in [0.2, 0.25) is 5.88 Å². The first-order chi connectivity index (χ1) is 10.1. The van der Waals surface area contributed by atoms with Crippen molar-refractivity contribution in [1.82, 2.24) is 4.98 Å². The molecule has 6 heteroatoms. The molecule has 1 heterocycles. The molecule has 108 valence electrons. The highest BCUT2D eigenvalue weighted by atomic mass is 16.5. The van der Waals surface area contributed by atoms with Crippen LogP contribution in [0.5, 0.6) is 17.4 Å². The number of nitrogens with two attached hydrogens (primary N) is 1. The van der Waals surface area contributed by atoms with Crippen LogP contribution in [0.3, 0.4) is 0 Å². The topological polar surface area (TPSA) is 94.7 Å². The smallest absolute Gasteiger partial charge is 0.328 e. The molecule has 0 aliphatic carbocycles. The first kappa shape index (κ1) is 14.4. The zero-order valence-corrected chi connectivity index (χ0v) is 11.3. The van der Waals surface area contributed by atoms with Crippen molar-refractivity contribution < 1.29 is 19.4 Å². The van der Waals surface area contributed by atoms with E-state index in [4.69, 9.17) is 20.3 Å². The molecule has 0 saturated heterocycles. The van der Waals surface area contributed by atoms with Gasteiger partial charge in [0.1, 0.15) is 0 Å². The molecule has 0 aliphatic rings. The Labute approximate surface area is 121 Å². The van der Waals surface area contributed by atoms with Crippen LogP contribution in [-0.4, -0.2) is 23.2 Å². The predicted molar refractivity (Wildman–Crippen MR) is 78.4 cm³/mol. The SMILES string of the molecule is COc1cc(C=CC(=O)O)ccc1Oc1ccc(N)cn1. The summed E-state index contributed by atoms with van der Waals surface area (Å²) in [6, 6.07) is 8.39. The Morgan fingerprint density at radius 3 is 2.71 bits per heavy atom. The number of carboxylic acid groups (broad SMARTS) is 1. The molecule has 0 bridgehead atoms. The maximum atomic E-state index is 10.5. The van der Waals surface area contributed by atoms with E-state index in [0.717, 1.165) is 6.08 Å². The summed E-state index contributed by atoms with van der Waals surface area (Å²) in [5, 5.41) is 8.61. The summed E-state index contributed by atoms with van der Waals surface area (Å²) >= 11 is 0. The molecule has 0 saturated carbocycles. The molecule has 3 N–H and O–H groups in total. The molecule has 0 fully saturated rings. The Morgan fingerprint density at radius 1 is 1.29 bits per heavy atom. The first-order valence-electron chi connectivity index (χ1n) is 6.07. The van der Waals surface area contributed by atoms with E-state index in [1.54, 1.807) is 30.3 Å². The number of aliphatic carboxylic acids is 1. The van der Waals surface area contributed by atoms with Crippen molar-refractivity contribution in [2.24, 2.45) is 0 Å². The summed E-state index contributed by atoms with van der Waals surface area (Å²) < 4.78 is 10.8. The van der Waals surface area contributed by atoms with E-state index in [9.17, 15) is 4.79 Å². The maximum Gasteiger partial charge on any atom is 0.328 e. The number of carbonyl (C=O) groups is 1. The number of aromatic nitrogens is 1. The van der Waals surface area contributed by atoms with Gasteiger partial charge in [-0.05, 0) is 29.8 Å². The second-order valence-corrected chi connectivity index (χ2v) is 4.11. The Hall–Kier alpha value is -3.02. The van der Waals surface area contributed by atoms with E-state index in [1.165, 1.54) is 19.4 Å². The number of nitrogens with zero attached hydrogens (tertiary/aromatic N) is 1. The fourth-order valence-electron chi connectivity index (χ4n) is 1.60. The molecule has 1 aromatic carbocycles. The van der Waals surface area contributed by atoms with E-state index in [1.807, 2.05) is 0 Å². The fraction of sp³-hybridized carbons (Fsp3) is 0.0667. The van der Waals surface area contributed by atoms with Crippen molar-refractivity contribution in [3.8, 4) is 17.4 Å². The minimum atomic E-state index is -1.01. The number of methoxy groups -OCH3 is 1. The molecule has 0 radical (unpaired) electrons. The van der Waals surface area contributed by atoms with Gasteiger partial charge in [-0.3, -0.25) is 0 Å². The van der Waals surface area contributed by atoms with Gasteiger partial charge in [-0.25, -0.2) is 9.78 Å². The highest BCUT2D eigenvalue weighted by molar-refractivity contribution is 5.85. The van der Waals surface area contributed by atoms with Crippen molar-refractivity contribution in [3.63, 3.8) is 0 Å². The Bertz CT molecular complexity index is 666. The molecule has 0 aliphatic heterocycles. The van der Waals surface area contributed by atoms with E-state index in [0.29, 0.717) is 28.6 Å². The van der Waals surface area contributed by atoms with Crippen LogP contribution in [0.2, 0.25) is 0 Å².